The van der Waals surface area contributed by atoms with E-state index in [1.807, 2.05) is 12.1 Å². The minimum absolute atomic E-state index is 0.128. The summed E-state index contributed by atoms with van der Waals surface area (Å²) in [4.78, 5) is 14.2. The molecule has 0 bridgehead atoms. The van der Waals surface area contributed by atoms with E-state index < -0.39 is 0 Å². The molecule has 0 saturated heterocycles. The number of para-hydroxylation sites is 1. The van der Waals surface area contributed by atoms with Gasteiger partial charge in [0.15, 0.2) is 0 Å². The maximum Gasteiger partial charge on any atom is 0.282 e. The fraction of sp³-hybridized carbons (Fsp3) is 0.286. The molecule has 20 heavy (non-hydrogen) atoms. The first-order chi connectivity index (χ1) is 9.68. The minimum atomic E-state index is -0.128. The van der Waals surface area contributed by atoms with Gasteiger partial charge < -0.3 is 10.2 Å². The van der Waals surface area contributed by atoms with E-state index in [9.17, 15) is 4.79 Å². The standard InChI is InChI=1S/C14H15BrN4O/c1-18-14(20)13(15)12(9-17-18)19-7-6-16-8-10-4-2-3-5-11(10)19/h2-5,9,16H,6-8H2,1H3. The minimum Gasteiger partial charge on any atom is -0.338 e. The molecule has 0 saturated carbocycles. The number of rotatable bonds is 1. The van der Waals surface area contributed by atoms with Gasteiger partial charge in [-0.05, 0) is 27.6 Å². The van der Waals surface area contributed by atoms with Crippen molar-refractivity contribution in [1.29, 1.82) is 0 Å². The summed E-state index contributed by atoms with van der Waals surface area (Å²) < 4.78 is 1.88. The normalized spacial score (nSPS) is 14.8. The zero-order chi connectivity index (χ0) is 14.1. The summed E-state index contributed by atoms with van der Waals surface area (Å²) in [7, 11) is 1.65. The maximum absolute atomic E-state index is 12.0. The number of fused-ring (bicyclic) bond motifs is 1. The zero-order valence-electron chi connectivity index (χ0n) is 11.1. The highest BCUT2D eigenvalue weighted by molar-refractivity contribution is 9.10. The topological polar surface area (TPSA) is 50.2 Å². The van der Waals surface area contributed by atoms with Gasteiger partial charge in [-0.3, -0.25) is 4.79 Å². The molecule has 1 aromatic carbocycles. The maximum atomic E-state index is 12.0. The van der Waals surface area contributed by atoms with E-state index in [0.717, 1.165) is 31.0 Å². The molecular weight excluding hydrogens is 320 g/mol. The van der Waals surface area contributed by atoms with E-state index in [0.29, 0.717) is 4.47 Å². The quantitative estimate of drug-likeness (QED) is 0.863. The Labute approximate surface area is 125 Å². The highest BCUT2D eigenvalue weighted by atomic mass is 79.9. The molecule has 5 nitrogen and oxygen atoms in total. The van der Waals surface area contributed by atoms with Gasteiger partial charge in [0, 0.05) is 32.4 Å². The van der Waals surface area contributed by atoms with E-state index in [-0.39, 0.29) is 5.56 Å². The predicted molar refractivity (Wildman–Crippen MR) is 82.3 cm³/mol. The van der Waals surface area contributed by atoms with Crippen LogP contribution in [0.25, 0.3) is 0 Å². The molecule has 1 aliphatic heterocycles. The van der Waals surface area contributed by atoms with E-state index >= 15 is 0 Å². The van der Waals surface area contributed by atoms with Gasteiger partial charge in [0.2, 0.25) is 0 Å². The first kappa shape index (κ1) is 13.3. The van der Waals surface area contributed by atoms with Crippen molar-refractivity contribution in [2.75, 3.05) is 18.0 Å². The fourth-order valence-corrected chi connectivity index (χ4v) is 2.97. The zero-order valence-corrected chi connectivity index (χ0v) is 12.7. The van der Waals surface area contributed by atoms with Crippen LogP contribution in [0.5, 0.6) is 0 Å². The van der Waals surface area contributed by atoms with Gasteiger partial charge >= 0.3 is 0 Å². The van der Waals surface area contributed by atoms with Crippen molar-refractivity contribution in [3.8, 4) is 0 Å². The van der Waals surface area contributed by atoms with Gasteiger partial charge in [-0.15, -0.1) is 0 Å². The van der Waals surface area contributed by atoms with E-state index in [1.54, 1.807) is 13.2 Å². The molecule has 0 atom stereocenters. The van der Waals surface area contributed by atoms with Gasteiger partial charge in [-0.25, -0.2) is 4.68 Å². The number of halogens is 1. The molecule has 2 heterocycles. The van der Waals surface area contributed by atoms with Crippen molar-refractivity contribution in [1.82, 2.24) is 15.1 Å². The molecule has 0 fully saturated rings. The van der Waals surface area contributed by atoms with Crippen molar-refractivity contribution in [3.05, 3.63) is 50.9 Å². The highest BCUT2D eigenvalue weighted by Crippen LogP contribution is 2.32. The van der Waals surface area contributed by atoms with Crippen molar-refractivity contribution in [2.45, 2.75) is 6.54 Å². The summed E-state index contributed by atoms with van der Waals surface area (Å²) in [6.07, 6.45) is 1.73. The van der Waals surface area contributed by atoms with Gasteiger partial charge in [0.1, 0.15) is 4.47 Å². The summed E-state index contributed by atoms with van der Waals surface area (Å²) >= 11 is 3.41. The van der Waals surface area contributed by atoms with Crippen molar-refractivity contribution >= 4 is 27.3 Å². The molecule has 1 N–H and O–H groups in total. The third kappa shape index (κ3) is 2.25. The van der Waals surface area contributed by atoms with Crippen LogP contribution < -0.4 is 15.8 Å². The first-order valence-corrected chi connectivity index (χ1v) is 7.26. The smallest absolute Gasteiger partial charge is 0.282 e. The van der Waals surface area contributed by atoms with Gasteiger partial charge in [-0.1, -0.05) is 18.2 Å². The Morgan fingerprint density at radius 1 is 1.30 bits per heavy atom. The van der Waals surface area contributed by atoms with Crippen LogP contribution in [0.4, 0.5) is 11.4 Å². The van der Waals surface area contributed by atoms with Crippen LogP contribution >= 0.6 is 15.9 Å². The van der Waals surface area contributed by atoms with E-state index in [2.05, 4.69) is 43.4 Å². The molecule has 0 radical (unpaired) electrons. The Kier molecular flexibility index (Phi) is 3.58. The fourth-order valence-electron chi connectivity index (χ4n) is 2.40. The third-order valence-electron chi connectivity index (χ3n) is 3.46. The molecule has 1 aliphatic rings. The van der Waals surface area contributed by atoms with Crippen molar-refractivity contribution in [3.63, 3.8) is 0 Å². The number of aryl methyl sites for hydroxylation is 1. The number of nitrogens with one attached hydrogen (secondary N) is 1. The lowest BCUT2D eigenvalue weighted by atomic mass is 10.1. The second-order valence-electron chi connectivity index (χ2n) is 4.73. The Bertz CT molecular complexity index is 698. The molecular formula is C14H15BrN4O. The Balaban J connectivity index is 2.15. The number of nitrogens with zero attached hydrogens (tertiary/aromatic N) is 3. The van der Waals surface area contributed by atoms with Crippen molar-refractivity contribution in [2.24, 2.45) is 7.05 Å². The largest absolute Gasteiger partial charge is 0.338 e. The molecule has 2 aromatic rings. The number of aromatic nitrogens is 2. The molecule has 6 heteroatoms. The highest BCUT2D eigenvalue weighted by Gasteiger charge is 2.20. The second kappa shape index (κ2) is 5.38. The summed E-state index contributed by atoms with van der Waals surface area (Å²) in [6.45, 7) is 2.49. The third-order valence-corrected chi connectivity index (χ3v) is 4.21. The van der Waals surface area contributed by atoms with Gasteiger partial charge in [-0.2, -0.15) is 5.10 Å². The Morgan fingerprint density at radius 3 is 2.95 bits per heavy atom. The SMILES string of the molecule is Cn1ncc(N2CCNCc3ccccc32)c(Br)c1=O. The van der Waals surface area contributed by atoms with Crippen LogP contribution in [0.1, 0.15) is 5.56 Å². The first-order valence-electron chi connectivity index (χ1n) is 6.46. The van der Waals surface area contributed by atoms with Crippen LogP contribution in [0.2, 0.25) is 0 Å². The molecule has 0 unspecified atom stereocenters. The monoisotopic (exact) mass is 334 g/mol. The number of hydrogen-bond donors (Lipinski definition) is 1. The molecule has 0 amide bonds. The number of hydrogen-bond acceptors (Lipinski definition) is 4. The molecule has 1 aromatic heterocycles. The number of anilines is 2. The van der Waals surface area contributed by atoms with E-state index in [1.165, 1.54) is 10.2 Å². The Hall–Kier alpha value is -1.66. The van der Waals surface area contributed by atoms with Crippen LogP contribution in [0, 0.1) is 0 Å². The van der Waals surface area contributed by atoms with E-state index in [4.69, 9.17) is 0 Å². The van der Waals surface area contributed by atoms with Crippen LogP contribution in [-0.4, -0.2) is 22.9 Å². The molecule has 0 aliphatic carbocycles. The summed E-state index contributed by atoms with van der Waals surface area (Å²) in [5, 5.41) is 7.52. The van der Waals surface area contributed by atoms with Gasteiger partial charge in [0.05, 0.1) is 11.9 Å². The molecule has 3 rings (SSSR count). The molecule has 104 valence electrons. The lowest BCUT2D eigenvalue weighted by Gasteiger charge is -2.25. The molecule has 0 spiro atoms. The number of benzene rings is 1. The van der Waals surface area contributed by atoms with Crippen LogP contribution in [0.15, 0.2) is 39.7 Å². The van der Waals surface area contributed by atoms with Crippen molar-refractivity contribution < 1.29 is 0 Å². The summed E-state index contributed by atoms with van der Waals surface area (Å²) in [6, 6.07) is 8.22. The average molecular weight is 335 g/mol. The Morgan fingerprint density at radius 2 is 2.10 bits per heavy atom. The second-order valence-corrected chi connectivity index (χ2v) is 5.52. The predicted octanol–water partition coefficient (Wildman–Crippen LogP) is 1.78. The van der Waals surface area contributed by atoms with Crippen LogP contribution in [-0.2, 0) is 13.6 Å². The summed E-state index contributed by atoms with van der Waals surface area (Å²) in [5.41, 5.74) is 3.02. The van der Waals surface area contributed by atoms with Gasteiger partial charge in [0.25, 0.3) is 5.56 Å². The lowest BCUT2D eigenvalue weighted by Crippen LogP contribution is -2.28. The lowest BCUT2D eigenvalue weighted by molar-refractivity contribution is 0.692. The van der Waals surface area contributed by atoms with Crippen LogP contribution in [0.3, 0.4) is 0 Å². The summed E-state index contributed by atoms with van der Waals surface area (Å²) in [5.74, 6) is 0. The average Bonchev–Trinajstić information content (AvgIpc) is 2.68.